The second kappa shape index (κ2) is 2.85. The third-order valence-electron chi connectivity index (χ3n) is 2.10. The zero-order valence-electron chi connectivity index (χ0n) is 7.53. The van der Waals surface area contributed by atoms with Gasteiger partial charge in [0, 0.05) is 24.8 Å². The van der Waals surface area contributed by atoms with E-state index in [-0.39, 0.29) is 12.5 Å². The van der Waals surface area contributed by atoms with Gasteiger partial charge in [-0.15, -0.1) is 0 Å². The van der Waals surface area contributed by atoms with Crippen LogP contribution < -0.4 is 5.73 Å². The minimum atomic E-state index is -0.352. The van der Waals surface area contributed by atoms with Gasteiger partial charge in [0.2, 0.25) is 5.91 Å². The summed E-state index contributed by atoms with van der Waals surface area (Å²) in [7, 11) is 2.04. The summed E-state index contributed by atoms with van der Waals surface area (Å²) < 4.78 is 1.61. The highest BCUT2D eigenvalue weighted by molar-refractivity contribution is 5.73. The van der Waals surface area contributed by atoms with Crippen molar-refractivity contribution < 1.29 is 4.79 Å². The molecule has 0 unspecified atom stereocenters. The van der Waals surface area contributed by atoms with E-state index < -0.39 is 0 Å². The SMILES string of the molecule is CN1Cc2cn(CC(N)=O)nc2C1. The van der Waals surface area contributed by atoms with Gasteiger partial charge in [-0.05, 0) is 7.05 Å². The fourth-order valence-corrected chi connectivity index (χ4v) is 1.61. The number of nitrogens with two attached hydrogens (primary N) is 1. The summed E-state index contributed by atoms with van der Waals surface area (Å²) in [5.74, 6) is -0.352. The maximum Gasteiger partial charge on any atom is 0.239 e. The predicted octanol–water partition coefficient (Wildman–Crippen LogP) is -0.686. The number of carbonyl (C=O) groups excluding carboxylic acids is 1. The molecule has 2 N–H and O–H groups in total. The van der Waals surface area contributed by atoms with E-state index in [4.69, 9.17) is 5.73 Å². The molecule has 1 aromatic heterocycles. The molecule has 1 amide bonds. The van der Waals surface area contributed by atoms with Crippen LogP contribution >= 0.6 is 0 Å². The Kier molecular flexibility index (Phi) is 1.81. The minimum absolute atomic E-state index is 0.177. The predicted molar refractivity (Wildman–Crippen MR) is 46.6 cm³/mol. The quantitative estimate of drug-likeness (QED) is 0.655. The maximum absolute atomic E-state index is 10.6. The van der Waals surface area contributed by atoms with Crippen molar-refractivity contribution >= 4 is 5.91 Å². The highest BCUT2D eigenvalue weighted by Crippen LogP contribution is 2.18. The number of rotatable bonds is 2. The summed E-state index contributed by atoms with van der Waals surface area (Å²) in [6.45, 7) is 1.95. The Morgan fingerprint density at radius 3 is 3.08 bits per heavy atom. The van der Waals surface area contributed by atoms with Crippen molar-refractivity contribution in [3.8, 4) is 0 Å². The molecule has 0 aliphatic carbocycles. The third-order valence-corrected chi connectivity index (χ3v) is 2.10. The molecule has 1 aliphatic heterocycles. The first-order chi connectivity index (χ1) is 6.15. The standard InChI is InChI=1S/C8H12N4O/c1-11-2-6-3-12(5-8(9)13)10-7(6)4-11/h3H,2,4-5H2,1H3,(H2,9,13). The first kappa shape index (κ1) is 8.25. The highest BCUT2D eigenvalue weighted by Gasteiger charge is 2.19. The van der Waals surface area contributed by atoms with Crippen molar-refractivity contribution in [2.45, 2.75) is 19.6 Å². The number of carbonyl (C=O) groups is 1. The molecule has 0 radical (unpaired) electrons. The molecule has 1 aliphatic rings. The summed E-state index contributed by atoms with van der Waals surface area (Å²) >= 11 is 0. The molecule has 0 fully saturated rings. The lowest BCUT2D eigenvalue weighted by Gasteiger charge is -2.05. The molecule has 2 rings (SSSR count). The molecule has 0 atom stereocenters. The molecule has 70 valence electrons. The van der Waals surface area contributed by atoms with Crippen LogP contribution in [0.3, 0.4) is 0 Å². The van der Waals surface area contributed by atoms with E-state index in [0.717, 1.165) is 18.8 Å². The fraction of sp³-hybridized carbons (Fsp3) is 0.500. The summed E-state index contributed by atoms with van der Waals surface area (Å²) in [5, 5.41) is 4.26. The van der Waals surface area contributed by atoms with Crippen LogP contribution in [0.15, 0.2) is 6.20 Å². The summed E-state index contributed by atoms with van der Waals surface area (Å²) in [6.07, 6.45) is 1.89. The number of fused-ring (bicyclic) bond motifs is 1. The van der Waals surface area contributed by atoms with E-state index in [1.165, 1.54) is 5.56 Å². The molecular weight excluding hydrogens is 168 g/mol. The lowest BCUT2D eigenvalue weighted by atomic mass is 10.3. The topological polar surface area (TPSA) is 64.2 Å². The zero-order valence-corrected chi connectivity index (χ0v) is 7.53. The highest BCUT2D eigenvalue weighted by atomic mass is 16.1. The molecule has 13 heavy (non-hydrogen) atoms. The number of nitrogens with zero attached hydrogens (tertiary/aromatic N) is 3. The monoisotopic (exact) mass is 180 g/mol. The first-order valence-corrected chi connectivity index (χ1v) is 4.17. The van der Waals surface area contributed by atoms with Gasteiger partial charge in [0.15, 0.2) is 0 Å². The van der Waals surface area contributed by atoms with Crippen LogP contribution in [0, 0.1) is 0 Å². The van der Waals surface area contributed by atoms with Crippen LogP contribution in [-0.2, 0) is 24.4 Å². The van der Waals surface area contributed by atoms with E-state index in [1.54, 1.807) is 4.68 Å². The number of amides is 1. The Morgan fingerprint density at radius 1 is 1.69 bits per heavy atom. The van der Waals surface area contributed by atoms with E-state index >= 15 is 0 Å². The second-order valence-corrected chi connectivity index (χ2v) is 3.44. The van der Waals surface area contributed by atoms with E-state index in [2.05, 4.69) is 10.00 Å². The summed E-state index contributed by atoms with van der Waals surface area (Å²) in [4.78, 5) is 12.8. The van der Waals surface area contributed by atoms with Gasteiger partial charge in [-0.25, -0.2) is 0 Å². The number of aromatic nitrogens is 2. The van der Waals surface area contributed by atoms with Crippen LogP contribution in [0.1, 0.15) is 11.3 Å². The molecule has 1 aromatic rings. The van der Waals surface area contributed by atoms with E-state index in [0.29, 0.717) is 0 Å². The van der Waals surface area contributed by atoms with Gasteiger partial charge in [-0.3, -0.25) is 14.4 Å². The molecule has 2 heterocycles. The average molecular weight is 180 g/mol. The maximum atomic E-state index is 10.6. The Morgan fingerprint density at radius 2 is 2.46 bits per heavy atom. The molecule has 5 heteroatoms. The largest absolute Gasteiger partial charge is 0.368 e. The van der Waals surface area contributed by atoms with Crippen LogP contribution in [0.2, 0.25) is 0 Å². The van der Waals surface area contributed by atoms with Crippen molar-refractivity contribution in [2.75, 3.05) is 7.05 Å². The molecule has 0 saturated heterocycles. The van der Waals surface area contributed by atoms with Crippen molar-refractivity contribution in [2.24, 2.45) is 5.73 Å². The summed E-state index contributed by atoms with van der Waals surface area (Å²) in [6, 6.07) is 0. The van der Waals surface area contributed by atoms with E-state index in [9.17, 15) is 4.79 Å². The van der Waals surface area contributed by atoms with Gasteiger partial charge in [0.05, 0.1) is 5.69 Å². The number of hydrogen-bond donors (Lipinski definition) is 1. The number of primary amides is 1. The van der Waals surface area contributed by atoms with Crippen LogP contribution in [0.5, 0.6) is 0 Å². The molecule has 0 aromatic carbocycles. The van der Waals surface area contributed by atoms with Gasteiger partial charge < -0.3 is 5.73 Å². The van der Waals surface area contributed by atoms with Crippen molar-refractivity contribution in [3.05, 3.63) is 17.5 Å². The van der Waals surface area contributed by atoms with Crippen molar-refractivity contribution in [1.29, 1.82) is 0 Å². The fourth-order valence-electron chi connectivity index (χ4n) is 1.61. The first-order valence-electron chi connectivity index (χ1n) is 4.17. The lowest BCUT2D eigenvalue weighted by molar-refractivity contribution is -0.118. The van der Waals surface area contributed by atoms with Gasteiger partial charge in [0.25, 0.3) is 0 Å². The molecule has 0 spiro atoms. The molecule has 0 bridgehead atoms. The molecular formula is C8H12N4O. The van der Waals surface area contributed by atoms with Crippen molar-refractivity contribution in [3.63, 3.8) is 0 Å². The third kappa shape index (κ3) is 1.55. The minimum Gasteiger partial charge on any atom is -0.368 e. The van der Waals surface area contributed by atoms with Gasteiger partial charge in [0.1, 0.15) is 6.54 Å². The Balaban J connectivity index is 2.17. The smallest absolute Gasteiger partial charge is 0.239 e. The van der Waals surface area contributed by atoms with E-state index in [1.807, 2.05) is 13.2 Å². The Bertz CT molecular complexity index is 320. The van der Waals surface area contributed by atoms with Gasteiger partial charge >= 0.3 is 0 Å². The summed E-state index contributed by atoms with van der Waals surface area (Å²) in [5.41, 5.74) is 7.32. The average Bonchev–Trinajstić information content (AvgIpc) is 2.41. The Labute approximate surface area is 76.1 Å². The van der Waals surface area contributed by atoms with Gasteiger partial charge in [-0.1, -0.05) is 0 Å². The zero-order chi connectivity index (χ0) is 9.42. The molecule has 0 saturated carbocycles. The Hall–Kier alpha value is -1.36. The molecule has 5 nitrogen and oxygen atoms in total. The number of hydrogen-bond acceptors (Lipinski definition) is 3. The van der Waals surface area contributed by atoms with Gasteiger partial charge in [-0.2, -0.15) is 5.10 Å². The van der Waals surface area contributed by atoms with Crippen LogP contribution in [0.25, 0.3) is 0 Å². The lowest BCUT2D eigenvalue weighted by Crippen LogP contribution is -2.19. The second-order valence-electron chi connectivity index (χ2n) is 3.44. The van der Waals surface area contributed by atoms with Crippen LogP contribution in [0.4, 0.5) is 0 Å². The van der Waals surface area contributed by atoms with Crippen LogP contribution in [-0.4, -0.2) is 27.6 Å². The normalized spacial score (nSPS) is 16.1. The van der Waals surface area contributed by atoms with Crippen molar-refractivity contribution in [1.82, 2.24) is 14.7 Å².